The van der Waals surface area contributed by atoms with E-state index in [4.69, 9.17) is 17.3 Å². The topological polar surface area (TPSA) is 77.2 Å². The van der Waals surface area contributed by atoms with Crippen LogP contribution in [0.1, 0.15) is 15.9 Å². The van der Waals surface area contributed by atoms with Crippen molar-refractivity contribution in [3.05, 3.63) is 58.6 Å². The SMILES string of the molecule is CS(=O)(=O)c1ccc(C(=O)c2ccc(N)cc2Cl)cc1. The molecule has 2 rings (SSSR count). The molecule has 0 atom stereocenters. The lowest BCUT2D eigenvalue weighted by molar-refractivity contribution is 0.103. The van der Waals surface area contributed by atoms with Crippen molar-refractivity contribution in [2.75, 3.05) is 12.0 Å². The van der Waals surface area contributed by atoms with E-state index in [0.717, 1.165) is 6.26 Å². The van der Waals surface area contributed by atoms with Gasteiger partial charge in [-0.15, -0.1) is 0 Å². The van der Waals surface area contributed by atoms with Crippen LogP contribution < -0.4 is 5.73 Å². The van der Waals surface area contributed by atoms with Crippen molar-refractivity contribution in [3.8, 4) is 0 Å². The molecule has 4 nitrogen and oxygen atoms in total. The average Bonchev–Trinajstić information content (AvgIpc) is 2.37. The maximum Gasteiger partial charge on any atom is 0.194 e. The van der Waals surface area contributed by atoms with E-state index in [1.54, 1.807) is 12.1 Å². The van der Waals surface area contributed by atoms with Gasteiger partial charge >= 0.3 is 0 Å². The van der Waals surface area contributed by atoms with E-state index in [0.29, 0.717) is 16.8 Å². The second kappa shape index (κ2) is 5.26. The van der Waals surface area contributed by atoms with E-state index in [1.165, 1.54) is 30.3 Å². The van der Waals surface area contributed by atoms with E-state index >= 15 is 0 Å². The molecule has 2 aromatic rings. The summed E-state index contributed by atoms with van der Waals surface area (Å²) in [5.74, 6) is -0.282. The van der Waals surface area contributed by atoms with E-state index < -0.39 is 9.84 Å². The molecule has 0 aromatic heterocycles. The summed E-state index contributed by atoms with van der Waals surface area (Å²) in [7, 11) is -3.28. The van der Waals surface area contributed by atoms with Crippen LogP contribution in [-0.2, 0) is 9.84 Å². The zero-order valence-corrected chi connectivity index (χ0v) is 12.2. The summed E-state index contributed by atoms with van der Waals surface area (Å²) < 4.78 is 22.7. The highest BCUT2D eigenvalue weighted by molar-refractivity contribution is 7.90. The zero-order valence-electron chi connectivity index (χ0n) is 10.6. The van der Waals surface area contributed by atoms with Crippen LogP contribution in [0, 0.1) is 0 Å². The number of hydrogen-bond acceptors (Lipinski definition) is 4. The minimum Gasteiger partial charge on any atom is -0.399 e. The quantitative estimate of drug-likeness (QED) is 0.698. The first-order chi connectivity index (χ1) is 9.29. The van der Waals surface area contributed by atoms with Crippen LogP contribution in [0.2, 0.25) is 5.02 Å². The molecule has 0 aliphatic carbocycles. The highest BCUT2D eigenvalue weighted by Gasteiger charge is 2.14. The molecule has 104 valence electrons. The summed E-state index contributed by atoms with van der Waals surface area (Å²) in [5.41, 5.74) is 6.73. The van der Waals surface area contributed by atoms with Gasteiger partial charge in [0.1, 0.15) is 0 Å². The first kappa shape index (κ1) is 14.6. The Hall–Kier alpha value is -1.85. The smallest absolute Gasteiger partial charge is 0.194 e. The fraction of sp³-hybridized carbons (Fsp3) is 0.0714. The van der Waals surface area contributed by atoms with Crippen LogP contribution in [0.25, 0.3) is 0 Å². The van der Waals surface area contributed by atoms with E-state index in [9.17, 15) is 13.2 Å². The van der Waals surface area contributed by atoms with Crippen LogP contribution in [0.4, 0.5) is 5.69 Å². The number of carbonyl (C=O) groups is 1. The molecule has 0 radical (unpaired) electrons. The molecule has 2 aromatic carbocycles. The Morgan fingerprint density at radius 2 is 1.70 bits per heavy atom. The summed E-state index contributed by atoms with van der Waals surface area (Å²) in [6.07, 6.45) is 1.11. The number of sulfone groups is 1. The third-order valence-electron chi connectivity index (χ3n) is 2.78. The Morgan fingerprint density at radius 1 is 1.10 bits per heavy atom. The van der Waals surface area contributed by atoms with Crippen molar-refractivity contribution in [2.24, 2.45) is 0 Å². The second-order valence-electron chi connectivity index (χ2n) is 4.36. The number of hydrogen-bond donors (Lipinski definition) is 1. The molecule has 2 N–H and O–H groups in total. The number of halogens is 1. The Bertz CT molecular complexity index is 768. The maximum atomic E-state index is 12.3. The van der Waals surface area contributed by atoms with Crippen molar-refractivity contribution in [3.63, 3.8) is 0 Å². The highest BCUT2D eigenvalue weighted by Crippen LogP contribution is 2.22. The van der Waals surface area contributed by atoms with Crippen LogP contribution in [0.15, 0.2) is 47.4 Å². The van der Waals surface area contributed by atoms with Crippen LogP contribution in [-0.4, -0.2) is 20.5 Å². The lowest BCUT2D eigenvalue weighted by Crippen LogP contribution is -2.04. The molecule has 0 heterocycles. The van der Waals surface area contributed by atoms with Crippen molar-refractivity contribution >= 4 is 32.9 Å². The van der Waals surface area contributed by atoms with Crippen LogP contribution >= 0.6 is 11.6 Å². The third kappa shape index (κ3) is 3.00. The van der Waals surface area contributed by atoms with Crippen molar-refractivity contribution in [1.82, 2.24) is 0 Å². The molecule has 6 heteroatoms. The molecule has 0 saturated carbocycles. The number of nitrogens with two attached hydrogens (primary N) is 1. The normalized spacial score (nSPS) is 11.3. The largest absolute Gasteiger partial charge is 0.399 e. The highest BCUT2D eigenvalue weighted by atomic mass is 35.5. The van der Waals surface area contributed by atoms with Gasteiger partial charge in [-0.2, -0.15) is 0 Å². The predicted octanol–water partition coefficient (Wildman–Crippen LogP) is 2.56. The van der Waals surface area contributed by atoms with Crippen molar-refractivity contribution in [1.29, 1.82) is 0 Å². The van der Waals surface area contributed by atoms with Gasteiger partial charge in [-0.1, -0.05) is 11.6 Å². The Kier molecular flexibility index (Phi) is 3.83. The number of benzene rings is 2. The van der Waals surface area contributed by atoms with Crippen molar-refractivity contribution < 1.29 is 13.2 Å². The molecule has 0 saturated heterocycles. The number of carbonyl (C=O) groups excluding carboxylic acids is 1. The average molecular weight is 310 g/mol. The molecule has 0 aliphatic rings. The molecule has 20 heavy (non-hydrogen) atoms. The van der Waals surface area contributed by atoms with Gasteiger partial charge < -0.3 is 5.73 Å². The monoisotopic (exact) mass is 309 g/mol. The molecule has 0 amide bonds. The minimum absolute atomic E-state index is 0.164. The number of rotatable bonds is 3. The fourth-order valence-electron chi connectivity index (χ4n) is 1.72. The zero-order chi connectivity index (χ0) is 14.9. The van der Waals surface area contributed by atoms with Gasteiger partial charge in [0.15, 0.2) is 15.6 Å². The van der Waals surface area contributed by atoms with E-state index in [2.05, 4.69) is 0 Å². The molecule has 0 aliphatic heterocycles. The molecule has 0 unspecified atom stereocenters. The van der Waals surface area contributed by atoms with Gasteiger partial charge in [-0.25, -0.2) is 8.42 Å². The van der Waals surface area contributed by atoms with Crippen molar-refractivity contribution in [2.45, 2.75) is 4.90 Å². The Balaban J connectivity index is 2.39. The second-order valence-corrected chi connectivity index (χ2v) is 6.79. The van der Waals surface area contributed by atoms with Gasteiger partial charge in [0.2, 0.25) is 0 Å². The molecule has 0 bridgehead atoms. The molecule has 0 spiro atoms. The van der Waals surface area contributed by atoms with Crippen LogP contribution in [0.3, 0.4) is 0 Å². The summed E-state index contributed by atoms with van der Waals surface area (Å²) in [6, 6.07) is 10.4. The van der Waals surface area contributed by atoms with Gasteiger partial charge in [0.25, 0.3) is 0 Å². The first-order valence-corrected chi connectivity index (χ1v) is 7.96. The summed E-state index contributed by atoms with van der Waals surface area (Å²) in [4.78, 5) is 12.4. The van der Waals surface area contributed by atoms with Crippen LogP contribution in [0.5, 0.6) is 0 Å². The lowest BCUT2D eigenvalue weighted by atomic mass is 10.0. The van der Waals surface area contributed by atoms with Gasteiger partial charge in [-0.05, 0) is 42.5 Å². The predicted molar refractivity (Wildman–Crippen MR) is 78.8 cm³/mol. The third-order valence-corrected chi connectivity index (χ3v) is 4.22. The Morgan fingerprint density at radius 3 is 2.20 bits per heavy atom. The summed E-state index contributed by atoms with van der Waals surface area (Å²) in [6.45, 7) is 0. The molecule has 0 fully saturated rings. The van der Waals surface area contributed by atoms with E-state index in [-0.39, 0.29) is 15.7 Å². The summed E-state index contributed by atoms with van der Waals surface area (Å²) >= 11 is 5.98. The van der Waals surface area contributed by atoms with Gasteiger partial charge in [0.05, 0.1) is 9.92 Å². The molecular formula is C14H12ClNO3S. The molecular weight excluding hydrogens is 298 g/mol. The standard InChI is InChI=1S/C14H12ClNO3S/c1-20(18,19)11-5-2-9(3-6-11)14(17)12-7-4-10(16)8-13(12)15/h2-8H,16H2,1H3. The maximum absolute atomic E-state index is 12.3. The first-order valence-electron chi connectivity index (χ1n) is 5.69. The Labute approximate surface area is 122 Å². The van der Waals surface area contributed by atoms with Gasteiger partial charge in [0, 0.05) is 23.1 Å². The van der Waals surface area contributed by atoms with E-state index in [1.807, 2.05) is 0 Å². The summed E-state index contributed by atoms with van der Waals surface area (Å²) in [5, 5.41) is 0.266. The number of anilines is 1. The number of ketones is 1. The fourth-order valence-corrected chi connectivity index (χ4v) is 2.63. The minimum atomic E-state index is -3.28. The van der Waals surface area contributed by atoms with Gasteiger partial charge in [-0.3, -0.25) is 4.79 Å². The lowest BCUT2D eigenvalue weighted by Gasteiger charge is -2.05. The number of nitrogen functional groups attached to an aromatic ring is 1.